The van der Waals surface area contributed by atoms with E-state index in [0.29, 0.717) is 51.3 Å². The molecule has 2 amide bonds. The smallest absolute Gasteiger partial charge is 0.227 e. The molecular formula is C24H26N6O2. The van der Waals surface area contributed by atoms with Crippen LogP contribution in [-0.2, 0) is 35.5 Å². The molecule has 1 unspecified atom stereocenters. The van der Waals surface area contributed by atoms with Crippen LogP contribution in [0.5, 0.6) is 0 Å². The Morgan fingerprint density at radius 1 is 1.09 bits per heavy atom. The van der Waals surface area contributed by atoms with Crippen molar-refractivity contribution in [3.05, 3.63) is 76.6 Å². The van der Waals surface area contributed by atoms with Gasteiger partial charge in [-0.05, 0) is 35.1 Å². The number of hydrogen-bond acceptors (Lipinski definition) is 5. The zero-order chi connectivity index (χ0) is 21.9. The van der Waals surface area contributed by atoms with Crippen LogP contribution in [0, 0.1) is 5.92 Å². The molecule has 5 rings (SSSR count). The first kappa shape index (κ1) is 20.4. The summed E-state index contributed by atoms with van der Waals surface area (Å²) in [6, 6.07) is 16.2. The number of tetrazole rings is 1. The number of carbonyl (C=O) groups excluding carboxylic acids is 2. The Kier molecular flexibility index (Phi) is 5.66. The Bertz CT molecular complexity index is 1100. The van der Waals surface area contributed by atoms with Gasteiger partial charge >= 0.3 is 0 Å². The lowest BCUT2D eigenvalue weighted by Gasteiger charge is -2.37. The number of aromatic nitrogens is 4. The van der Waals surface area contributed by atoms with Crippen LogP contribution in [0.15, 0.2) is 48.5 Å². The van der Waals surface area contributed by atoms with Gasteiger partial charge in [-0.25, -0.2) is 0 Å². The molecule has 2 aromatic carbocycles. The van der Waals surface area contributed by atoms with E-state index in [9.17, 15) is 9.59 Å². The summed E-state index contributed by atoms with van der Waals surface area (Å²) >= 11 is 0. The molecule has 3 heterocycles. The van der Waals surface area contributed by atoms with Gasteiger partial charge in [0, 0.05) is 39.0 Å². The highest BCUT2D eigenvalue weighted by atomic mass is 16.2. The van der Waals surface area contributed by atoms with Gasteiger partial charge in [0.05, 0.1) is 5.92 Å². The van der Waals surface area contributed by atoms with Crippen LogP contribution in [-0.4, -0.2) is 55.3 Å². The number of nitrogens with zero attached hydrogens (tertiary/aromatic N) is 5. The number of carbonyl (C=O) groups is 2. The predicted octanol–water partition coefficient (Wildman–Crippen LogP) is 2.11. The standard InChI is InChI=1S/C24H26N6O2/c31-23-10-9-20(16-30(23)14-17-5-2-1-3-6-17)24(32)29-12-11-21-18(7-4-8-19(21)15-29)13-22-25-27-28-26-22/h1-8,20H,9-16H2,(H,25,26,27,28). The van der Waals surface area contributed by atoms with E-state index in [4.69, 9.17) is 0 Å². The summed E-state index contributed by atoms with van der Waals surface area (Å²) in [5, 5.41) is 14.3. The molecule has 1 aromatic heterocycles. The number of piperidine rings is 1. The Labute approximate surface area is 186 Å². The molecule has 3 aromatic rings. The summed E-state index contributed by atoms with van der Waals surface area (Å²) in [4.78, 5) is 29.6. The average molecular weight is 431 g/mol. The third-order valence-electron chi connectivity index (χ3n) is 6.48. The summed E-state index contributed by atoms with van der Waals surface area (Å²) < 4.78 is 0. The molecule has 0 bridgehead atoms. The van der Waals surface area contributed by atoms with Crippen molar-refractivity contribution in [1.29, 1.82) is 0 Å². The molecule has 8 nitrogen and oxygen atoms in total. The van der Waals surface area contributed by atoms with Crippen LogP contribution in [0.25, 0.3) is 0 Å². The van der Waals surface area contributed by atoms with E-state index in [1.54, 1.807) is 0 Å². The number of nitrogens with one attached hydrogen (secondary N) is 1. The van der Waals surface area contributed by atoms with E-state index in [0.717, 1.165) is 12.0 Å². The zero-order valence-corrected chi connectivity index (χ0v) is 17.9. The van der Waals surface area contributed by atoms with Gasteiger partial charge in [0.1, 0.15) is 0 Å². The van der Waals surface area contributed by atoms with Gasteiger partial charge in [0.2, 0.25) is 11.8 Å². The first-order chi connectivity index (χ1) is 15.7. The molecule has 8 heteroatoms. The van der Waals surface area contributed by atoms with Crippen molar-refractivity contribution in [1.82, 2.24) is 30.4 Å². The summed E-state index contributed by atoms with van der Waals surface area (Å²) in [6.07, 6.45) is 2.51. The maximum Gasteiger partial charge on any atom is 0.227 e. The molecule has 0 spiro atoms. The third kappa shape index (κ3) is 4.26. The SMILES string of the molecule is O=C1CCC(C(=O)N2CCc3c(Cc4nn[nH]n4)cccc3C2)CN1Cc1ccccc1. The number of aromatic amines is 1. The minimum Gasteiger partial charge on any atom is -0.338 e. The normalized spacial score (nSPS) is 18.5. The number of hydrogen-bond donors (Lipinski definition) is 1. The minimum atomic E-state index is -0.138. The monoisotopic (exact) mass is 430 g/mol. The molecule has 1 saturated heterocycles. The number of amides is 2. The summed E-state index contributed by atoms with van der Waals surface area (Å²) in [5.74, 6) is 0.820. The summed E-state index contributed by atoms with van der Waals surface area (Å²) in [7, 11) is 0. The molecule has 1 atom stereocenters. The van der Waals surface area contributed by atoms with E-state index in [-0.39, 0.29) is 17.7 Å². The molecule has 0 radical (unpaired) electrons. The highest BCUT2D eigenvalue weighted by Gasteiger charge is 2.34. The highest BCUT2D eigenvalue weighted by molar-refractivity contribution is 5.84. The first-order valence-corrected chi connectivity index (χ1v) is 11.1. The maximum atomic E-state index is 13.4. The van der Waals surface area contributed by atoms with Crippen LogP contribution in [0.3, 0.4) is 0 Å². The molecular weight excluding hydrogens is 404 g/mol. The lowest BCUT2D eigenvalue weighted by atomic mass is 9.90. The van der Waals surface area contributed by atoms with Crippen LogP contribution in [0.1, 0.15) is 40.9 Å². The van der Waals surface area contributed by atoms with Gasteiger partial charge in [-0.3, -0.25) is 9.59 Å². The van der Waals surface area contributed by atoms with Crippen molar-refractivity contribution in [3.63, 3.8) is 0 Å². The van der Waals surface area contributed by atoms with Crippen molar-refractivity contribution >= 4 is 11.8 Å². The fraction of sp³-hybridized carbons (Fsp3) is 0.375. The van der Waals surface area contributed by atoms with Crippen molar-refractivity contribution in [2.24, 2.45) is 5.92 Å². The largest absolute Gasteiger partial charge is 0.338 e. The number of fused-ring (bicyclic) bond motifs is 1. The van der Waals surface area contributed by atoms with Gasteiger partial charge in [-0.15, -0.1) is 10.2 Å². The van der Waals surface area contributed by atoms with Crippen LogP contribution in [0.2, 0.25) is 0 Å². The maximum absolute atomic E-state index is 13.4. The van der Waals surface area contributed by atoms with Crippen LogP contribution >= 0.6 is 0 Å². The number of rotatable bonds is 5. The molecule has 0 saturated carbocycles. The molecule has 32 heavy (non-hydrogen) atoms. The van der Waals surface area contributed by atoms with E-state index in [2.05, 4.69) is 32.8 Å². The number of likely N-dealkylation sites (tertiary alicyclic amines) is 1. The lowest BCUT2D eigenvalue weighted by molar-refractivity contribution is -0.144. The third-order valence-corrected chi connectivity index (χ3v) is 6.48. The Hall–Kier alpha value is -3.55. The Morgan fingerprint density at radius 3 is 2.78 bits per heavy atom. The zero-order valence-electron chi connectivity index (χ0n) is 17.9. The van der Waals surface area contributed by atoms with E-state index < -0.39 is 0 Å². The molecule has 2 aliphatic heterocycles. The minimum absolute atomic E-state index is 0.132. The van der Waals surface area contributed by atoms with E-state index >= 15 is 0 Å². The summed E-state index contributed by atoms with van der Waals surface area (Å²) in [6.45, 7) is 2.36. The van der Waals surface area contributed by atoms with E-state index in [1.807, 2.05) is 46.2 Å². The topological polar surface area (TPSA) is 95.1 Å². The van der Waals surface area contributed by atoms with Gasteiger partial charge < -0.3 is 9.80 Å². The van der Waals surface area contributed by atoms with Crippen molar-refractivity contribution in [3.8, 4) is 0 Å². The van der Waals surface area contributed by atoms with Crippen molar-refractivity contribution in [2.45, 2.75) is 38.8 Å². The molecule has 1 fully saturated rings. The fourth-order valence-electron chi connectivity index (χ4n) is 4.80. The van der Waals surface area contributed by atoms with Crippen LogP contribution < -0.4 is 0 Å². The second-order valence-corrected chi connectivity index (χ2v) is 8.56. The van der Waals surface area contributed by atoms with Crippen molar-refractivity contribution < 1.29 is 9.59 Å². The molecule has 164 valence electrons. The Morgan fingerprint density at radius 2 is 1.97 bits per heavy atom. The highest BCUT2D eigenvalue weighted by Crippen LogP contribution is 2.27. The van der Waals surface area contributed by atoms with Gasteiger partial charge in [-0.1, -0.05) is 53.7 Å². The molecule has 1 N–H and O–H groups in total. The van der Waals surface area contributed by atoms with Crippen LogP contribution in [0.4, 0.5) is 0 Å². The predicted molar refractivity (Wildman–Crippen MR) is 117 cm³/mol. The second-order valence-electron chi connectivity index (χ2n) is 8.56. The number of benzene rings is 2. The average Bonchev–Trinajstić information content (AvgIpc) is 3.34. The Balaban J connectivity index is 1.26. The van der Waals surface area contributed by atoms with E-state index in [1.165, 1.54) is 16.7 Å². The molecule has 0 aliphatic carbocycles. The van der Waals surface area contributed by atoms with Gasteiger partial charge in [0.25, 0.3) is 0 Å². The lowest BCUT2D eigenvalue weighted by Crippen LogP contribution is -2.47. The van der Waals surface area contributed by atoms with Crippen molar-refractivity contribution in [2.75, 3.05) is 13.1 Å². The quantitative estimate of drug-likeness (QED) is 0.669. The summed E-state index contributed by atoms with van der Waals surface area (Å²) in [5.41, 5.74) is 4.74. The first-order valence-electron chi connectivity index (χ1n) is 11.1. The molecule has 2 aliphatic rings. The number of H-pyrrole nitrogens is 1. The van der Waals surface area contributed by atoms with Gasteiger partial charge in [-0.2, -0.15) is 5.21 Å². The second kappa shape index (κ2) is 8.90. The fourth-order valence-corrected chi connectivity index (χ4v) is 4.80. The van der Waals surface area contributed by atoms with Gasteiger partial charge in [0.15, 0.2) is 5.82 Å².